The van der Waals surface area contributed by atoms with Crippen LogP contribution < -0.4 is 0 Å². The molecule has 6 heterocycles. The number of alkyl halides is 3. The average Bonchev–Trinajstić information content (AvgIpc) is 3.88. The van der Waals surface area contributed by atoms with Crippen molar-refractivity contribution in [3.05, 3.63) is 71.8 Å². The average molecular weight is 709 g/mol. The van der Waals surface area contributed by atoms with E-state index in [1.807, 2.05) is 30.3 Å². The highest BCUT2D eigenvalue weighted by atomic mass is 19.4. The van der Waals surface area contributed by atoms with Crippen molar-refractivity contribution in [2.24, 2.45) is 5.92 Å². The van der Waals surface area contributed by atoms with Gasteiger partial charge in [-0.15, -0.1) is 0 Å². The molecule has 8 nitrogen and oxygen atoms in total. The van der Waals surface area contributed by atoms with E-state index in [9.17, 15) is 18.0 Å². The van der Waals surface area contributed by atoms with Gasteiger partial charge in [-0.3, -0.25) is 24.4 Å². The Kier molecular flexibility index (Phi) is 13.2. The summed E-state index contributed by atoms with van der Waals surface area (Å²) >= 11 is 0. The van der Waals surface area contributed by atoms with Crippen LogP contribution in [0.5, 0.6) is 0 Å². The summed E-state index contributed by atoms with van der Waals surface area (Å²) in [5.74, 6) is -0.905. The first-order valence-corrected chi connectivity index (χ1v) is 18.9. The lowest BCUT2D eigenvalue weighted by molar-refractivity contribution is -0.200. The van der Waals surface area contributed by atoms with Crippen LogP contribution in [0.1, 0.15) is 49.7 Å². The quantitative estimate of drug-likeness (QED) is 0.410. The van der Waals surface area contributed by atoms with Crippen molar-refractivity contribution < 1.29 is 27.4 Å². The Balaban J connectivity index is 0.000000177. The largest absolute Gasteiger partial charge is 0.471 e. The van der Waals surface area contributed by atoms with Gasteiger partial charge < -0.3 is 14.4 Å². The number of rotatable bonds is 6. The van der Waals surface area contributed by atoms with Crippen molar-refractivity contribution in [1.82, 2.24) is 24.5 Å². The minimum atomic E-state index is -4.85. The van der Waals surface area contributed by atoms with Crippen LogP contribution in [0.25, 0.3) is 0 Å². The highest BCUT2D eigenvalue weighted by Crippen LogP contribution is 2.35. The molecule has 1 amide bonds. The molecule has 0 unspecified atom stereocenters. The summed E-state index contributed by atoms with van der Waals surface area (Å²) in [4.78, 5) is 23.1. The van der Waals surface area contributed by atoms with E-state index in [1.54, 1.807) is 0 Å². The third kappa shape index (κ3) is 9.02. The van der Waals surface area contributed by atoms with Crippen molar-refractivity contribution in [2.45, 2.75) is 88.0 Å². The number of benzene rings is 2. The second-order valence-corrected chi connectivity index (χ2v) is 15.0. The molecule has 0 aromatic heterocycles. The standard InChI is InChI=1S/C20H26F3N3O2.C19H28N2O.B/c21-20(22,23)19(27)26-11-10-25(12-15-6-2-1-3-7-15)17-14-28-13-16(18(17)26)24-8-4-5-9-24;1-2-7-16(8-3-1)13-21-12-6-9-17-18(14-22-15-19(17)21)20-10-4-5-11-20;/h1-3,6-7,16-18H,4-5,8-14H2;1-3,7-8,17-19H,4-6,9-15H2;/t16-,17+,18+;17-,18+,19-;/m01./s1. The fraction of sp³-hybridized carbons (Fsp3) is 0.667. The van der Waals surface area contributed by atoms with E-state index in [4.69, 9.17) is 9.47 Å². The predicted octanol–water partition coefficient (Wildman–Crippen LogP) is 4.51. The molecule has 12 heteroatoms. The van der Waals surface area contributed by atoms with E-state index in [1.165, 1.54) is 50.9 Å². The lowest BCUT2D eigenvalue weighted by Gasteiger charge is -2.54. The minimum absolute atomic E-state index is 0. The van der Waals surface area contributed by atoms with Crippen LogP contribution in [0.3, 0.4) is 0 Å². The fourth-order valence-electron chi connectivity index (χ4n) is 9.59. The normalized spacial score (nSPS) is 30.8. The maximum Gasteiger partial charge on any atom is 0.471 e. The predicted molar refractivity (Wildman–Crippen MR) is 192 cm³/mol. The molecule has 51 heavy (non-hydrogen) atoms. The van der Waals surface area contributed by atoms with Gasteiger partial charge in [-0.25, -0.2) is 0 Å². The van der Waals surface area contributed by atoms with E-state index in [2.05, 4.69) is 49.9 Å². The van der Waals surface area contributed by atoms with E-state index in [0.717, 1.165) is 62.1 Å². The number of nitrogens with zero attached hydrogens (tertiary/aromatic N) is 5. The zero-order valence-corrected chi connectivity index (χ0v) is 29.8. The van der Waals surface area contributed by atoms with E-state index < -0.39 is 18.1 Å². The Morgan fingerprint density at radius 2 is 1.10 bits per heavy atom. The third-order valence-electron chi connectivity index (χ3n) is 12.0. The lowest BCUT2D eigenvalue weighted by atomic mass is 9.81. The second kappa shape index (κ2) is 17.6. The Hall–Kier alpha value is -2.48. The maximum absolute atomic E-state index is 13.3. The smallest absolute Gasteiger partial charge is 0.378 e. The number of hydrogen-bond acceptors (Lipinski definition) is 7. The van der Waals surface area contributed by atoms with Gasteiger partial charge >= 0.3 is 12.1 Å². The van der Waals surface area contributed by atoms with Crippen LogP contribution in [-0.2, 0) is 27.4 Å². The lowest BCUT2D eigenvalue weighted by Crippen LogP contribution is -2.72. The summed E-state index contributed by atoms with van der Waals surface area (Å²) in [6, 6.07) is 21.2. The Morgan fingerprint density at radius 1 is 0.608 bits per heavy atom. The summed E-state index contributed by atoms with van der Waals surface area (Å²) in [5, 5.41) is 0. The molecule has 0 N–H and O–H groups in total. The first-order valence-electron chi connectivity index (χ1n) is 18.9. The molecular formula is C39H54BF3N5O3. The number of carbonyl (C=O) groups excluding carboxylic acids is 1. The van der Waals surface area contributed by atoms with Gasteiger partial charge in [-0.2, -0.15) is 13.2 Å². The molecule has 6 aliphatic heterocycles. The highest BCUT2D eigenvalue weighted by molar-refractivity contribution is 5.82. The summed E-state index contributed by atoms with van der Waals surface area (Å²) in [7, 11) is 0. The SMILES string of the molecule is O=C(N1CCN(Cc2ccccc2)[C@@H]2COC[C@H](N3CCCC3)[C@H]21)C(F)(F)F.[B].c1ccc(CN2CCC[C@H]3[C@H]2COC[C@@H]3N2CCCC2)cc1. The number of ether oxygens (including phenoxy) is 2. The van der Waals surface area contributed by atoms with Crippen LogP contribution in [0.4, 0.5) is 13.2 Å². The van der Waals surface area contributed by atoms with Gasteiger partial charge in [0.2, 0.25) is 0 Å². The number of amides is 1. The van der Waals surface area contributed by atoms with Crippen LogP contribution in [-0.4, -0.2) is 147 Å². The third-order valence-corrected chi connectivity index (χ3v) is 12.0. The second-order valence-electron chi connectivity index (χ2n) is 15.0. The highest BCUT2D eigenvalue weighted by Gasteiger charge is 2.53. The van der Waals surface area contributed by atoms with E-state index in [0.29, 0.717) is 38.4 Å². The van der Waals surface area contributed by atoms with Crippen molar-refractivity contribution in [3.8, 4) is 0 Å². The molecule has 0 spiro atoms. The van der Waals surface area contributed by atoms with Crippen LogP contribution in [0.2, 0.25) is 0 Å². The molecule has 6 saturated heterocycles. The number of piperidine rings is 1. The summed E-state index contributed by atoms with van der Waals surface area (Å²) in [6.45, 7) is 10.4. The first kappa shape index (κ1) is 38.3. The monoisotopic (exact) mass is 708 g/mol. The number of carbonyl (C=O) groups is 1. The van der Waals surface area contributed by atoms with Crippen LogP contribution >= 0.6 is 0 Å². The van der Waals surface area contributed by atoms with E-state index >= 15 is 0 Å². The van der Waals surface area contributed by atoms with Crippen molar-refractivity contribution >= 4 is 14.3 Å². The molecule has 3 radical (unpaired) electrons. The summed E-state index contributed by atoms with van der Waals surface area (Å²) in [6.07, 6.45) is 2.71. The number of halogens is 3. The summed E-state index contributed by atoms with van der Waals surface area (Å²) < 4.78 is 51.8. The zero-order valence-electron chi connectivity index (χ0n) is 29.8. The van der Waals surface area contributed by atoms with Crippen molar-refractivity contribution in [2.75, 3.05) is 72.2 Å². The van der Waals surface area contributed by atoms with Crippen LogP contribution in [0.15, 0.2) is 60.7 Å². The number of piperazine rings is 1. The molecule has 2 aromatic carbocycles. The molecular weight excluding hydrogens is 654 g/mol. The van der Waals surface area contributed by atoms with Gasteiger partial charge in [0.15, 0.2) is 0 Å². The van der Waals surface area contributed by atoms with Crippen LogP contribution in [0, 0.1) is 5.92 Å². The van der Waals surface area contributed by atoms with Gasteiger partial charge in [0.1, 0.15) is 0 Å². The zero-order chi connectivity index (χ0) is 34.5. The van der Waals surface area contributed by atoms with Gasteiger partial charge in [0.05, 0.1) is 44.6 Å². The molecule has 8 rings (SSSR count). The number of hydrogen-bond donors (Lipinski definition) is 0. The molecule has 2 aromatic rings. The maximum atomic E-state index is 13.3. The Morgan fingerprint density at radius 3 is 1.67 bits per heavy atom. The van der Waals surface area contributed by atoms with Crippen molar-refractivity contribution in [1.29, 1.82) is 0 Å². The molecule has 0 bridgehead atoms. The molecule has 277 valence electrons. The molecule has 0 saturated carbocycles. The van der Waals surface area contributed by atoms with Gasteiger partial charge in [0.25, 0.3) is 0 Å². The van der Waals surface area contributed by atoms with Gasteiger partial charge in [-0.1, -0.05) is 60.7 Å². The molecule has 0 aliphatic carbocycles. The van der Waals surface area contributed by atoms with Gasteiger partial charge in [-0.05, 0) is 88.3 Å². The van der Waals surface area contributed by atoms with Crippen molar-refractivity contribution in [3.63, 3.8) is 0 Å². The Bertz CT molecular complexity index is 1360. The molecule has 6 aliphatic rings. The number of fused-ring (bicyclic) bond motifs is 2. The molecule has 6 fully saturated rings. The van der Waals surface area contributed by atoms with E-state index in [-0.39, 0.29) is 27.0 Å². The topological polar surface area (TPSA) is 51.7 Å². The number of likely N-dealkylation sites (tertiary alicyclic amines) is 3. The molecule has 6 atom stereocenters. The van der Waals surface area contributed by atoms with Gasteiger partial charge in [0, 0.05) is 46.7 Å². The fourth-order valence-corrected chi connectivity index (χ4v) is 9.59. The first-order chi connectivity index (χ1) is 24.4. The minimum Gasteiger partial charge on any atom is -0.378 e. The Labute approximate surface area is 303 Å². The summed E-state index contributed by atoms with van der Waals surface area (Å²) in [5.41, 5.74) is 2.55.